The largest absolute Gasteiger partial charge is 0.375 e. The standard InChI is InChI=1S/C18H17BrN4O/c1-21-18-22-16-10-14(11-20)4-7-17(16)23(18)8-9-24-12-13-2-5-15(19)6-3-13/h2-7,10H,8-9,12H2,1H3,(H,21,22). The van der Waals surface area contributed by atoms with Crippen molar-refractivity contribution in [2.45, 2.75) is 13.2 Å². The van der Waals surface area contributed by atoms with Crippen molar-refractivity contribution < 1.29 is 4.74 Å². The maximum Gasteiger partial charge on any atom is 0.203 e. The topological polar surface area (TPSA) is 62.9 Å². The Bertz CT molecular complexity index is 880. The minimum Gasteiger partial charge on any atom is -0.375 e. The first-order valence-electron chi connectivity index (χ1n) is 7.61. The van der Waals surface area contributed by atoms with E-state index < -0.39 is 0 Å². The Balaban J connectivity index is 1.68. The third-order valence-electron chi connectivity index (χ3n) is 3.74. The number of nitrogens with zero attached hydrogens (tertiary/aromatic N) is 3. The van der Waals surface area contributed by atoms with Gasteiger partial charge in [-0.2, -0.15) is 5.26 Å². The first-order valence-corrected chi connectivity index (χ1v) is 8.41. The number of hydrogen-bond acceptors (Lipinski definition) is 4. The number of anilines is 1. The zero-order valence-electron chi connectivity index (χ0n) is 13.3. The molecule has 0 unspecified atom stereocenters. The second-order valence-corrected chi connectivity index (χ2v) is 6.25. The van der Waals surface area contributed by atoms with Crippen molar-refractivity contribution >= 4 is 32.9 Å². The lowest BCUT2D eigenvalue weighted by molar-refractivity contribution is 0.114. The molecule has 2 aromatic carbocycles. The van der Waals surface area contributed by atoms with Gasteiger partial charge in [-0.15, -0.1) is 0 Å². The molecule has 0 radical (unpaired) electrons. The highest BCUT2D eigenvalue weighted by molar-refractivity contribution is 9.10. The van der Waals surface area contributed by atoms with E-state index in [1.54, 1.807) is 6.07 Å². The molecule has 0 aliphatic carbocycles. The molecule has 6 heteroatoms. The second-order valence-electron chi connectivity index (χ2n) is 5.33. The highest BCUT2D eigenvalue weighted by atomic mass is 79.9. The Kier molecular flexibility index (Phi) is 5.14. The third kappa shape index (κ3) is 3.58. The van der Waals surface area contributed by atoms with Crippen LogP contribution in [0, 0.1) is 11.3 Å². The van der Waals surface area contributed by atoms with E-state index in [1.165, 1.54) is 0 Å². The van der Waals surface area contributed by atoms with E-state index in [0.29, 0.717) is 25.3 Å². The molecule has 24 heavy (non-hydrogen) atoms. The van der Waals surface area contributed by atoms with Gasteiger partial charge in [0, 0.05) is 18.1 Å². The van der Waals surface area contributed by atoms with Crippen LogP contribution in [-0.4, -0.2) is 23.2 Å². The summed E-state index contributed by atoms with van der Waals surface area (Å²) in [5.74, 6) is 0.771. The van der Waals surface area contributed by atoms with Gasteiger partial charge in [0.15, 0.2) is 0 Å². The lowest BCUT2D eigenvalue weighted by Gasteiger charge is -2.09. The molecule has 1 N–H and O–H groups in total. The van der Waals surface area contributed by atoms with Crippen LogP contribution < -0.4 is 5.32 Å². The molecule has 122 valence electrons. The fourth-order valence-corrected chi connectivity index (χ4v) is 2.81. The normalized spacial score (nSPS) is 10.7. The summed E-state index contributed by atoms with van der Waals surface area (Å²) >= 11 is 3.42. The molecule has 1 heterocycles. The summed E-state index contributed by atoms with van der Waals surface area (Å²) in [7, 11) is 1.84. The number of halogens is 1. The Morgan fingerprint density at radius 1 is 1.25 bits per heavy atom. The molecular weight excluding hydrogens is 368 g/mol. The number of ether oxygens (including phenoxy) is 1. The summed E-state index contributed by atoms with van der Waals surface area (Å²) in [5.41, 5.74) is 3.55. The number of hydrogen-bond donors (Lipinski definition) is 1. The molecule has 3 rings (SSSR count). The third-order valence-corrected chi connectivity index (χ3v) is 4.27. The average molecular weight is 385 g/mol. The average Bonchev–Trinajstić information content (AvgIpc) is 2.97. The minimum atomic E-state index is 0.577. The highest BCUT2D eigenvalue weighted by Crippen LogP contribution is 2.20. The van der Waals surface area contributed by atoms with Gasteiger partial charge >= 0.3 is 0 Å². The molecule has 0 aliphatic heterocycles. The van der Waals surface area contributed by atoms with E-state index in [1.807, 2.05) is 43.4 Å². The van der Waals surface area contributed by atoms with Crippen LogP contribution in [-0.2, 0) is 17.9 Å². The molecule has 0 spiro atoms. The van der Waals surface area contributed by atoms with Gasteiger partial charge in [0.2, 0.25) is 5.95 Å². The van der Waals surface area contributed by atoms with E-state index >= 15 is 0 Å². The number of nitrogens with one attached hydrogen (secondary N) is 1. The Labute approximate surface area is 149 Å². The molecule has 3 aromatic rings. The van der Waals surface area contributed by atoms with Gasteiger partial charge in [0.05, 0.1) is 35.9 Å². The maximum atomic E-state index is 9.01. The second kappa shape index (κ2) is 7.47. The van der Waals surface area contributed by atoms with Crippen molar-refractivity contribution in [3.63, 3.8) is 0 Å². The molecule has 0 saturated heterocycles. The van der Waals surface area contributed by atoms with Gasteiger partial charge in [0.1, 0.15) is 0 Å². The minimum absolute atomic E-state index is 0.577. The zero-order valence-corrected chi connectivity index (χ0v) is 14.9. The van der Waals surface area contributed by atoms with Crippen LogP contribution in [0.2, 0.25) is 0 Å². The van der Waals surface area contributed by atoms with E-state index in [-0.39, 0.29) is 0 Å². The molecule has 1 aromatic heterocycles. The fourth-order valence-electron chi connectivity index (χ4n) is 2.54. The van der Waals surface area contributed by atoms with Gasteiger partial charge in [-0.1, -0.05) is 28.1 Å². The van der Waals surface area contributed by atoms with E-state index in [4.69, 9.17) is 10.00 Å². The Morgan fingerprint density at radius 2 is 2.04 bits per heavy atom. The fraction of sp³-hybridized carbons (Fsp3) is 0.222. The smallest absolute Gasteiger partial charge is 0.203 e. The van der Waals surface area contributed by atoms with Crippen molar-refractivity contribution in [2.24, 2.45) is 0 Å². The van der Waals surface area contributed by atoms with E-state index in [2.05, 4.69) is 36.9 Å². The van der Waals surface area contributed by atoms with Gasteiger partial charge in [0.25, 0.3) is 0 Å². The lowest BCUT2D eigenvalue weighted by atomic mass is 10.2. The molecule has 0 atom stereocenters. The number of imidazole rings is 1. The van der Waals surface area contributed by atoms with Gasteiger partial charge < -0.3 is 14.6 Å². The van der Waals surface area contributed by atoms with Crippen LogP contribution in [0.25, 0.3) is 11.0 Å². The van der Waals surface area contributed by atoms with Crippen LogP contribution >= 0.6 is 15.9 Å². The molecule has 0 saturated carbocycles. The number of aromatic nitrogens is 2. The quantitative estimate of drug-likeness (QED) is 0.654. The van der Waals surface area contributed by atoms with Crippen molar-refractivity contribution in [2.75, 3.05) is 19.0 Å². The lowest BCUT2D eigenvalue weighted by Crippen LogP contribution is -2.09. The number of benzene rings is 2. The van der Waals surface area contributed by atoms with Crippen molar-refractivity contribution in [3.05, 3.63) is 58.1 Å². The SMILES string of the molecule is CNc1nc2cc(C#N)ccc2n1CCOCc1ccc(Br)cc1. The maximum absolute atomic E-state index is 9.01. The summed E-state index contributed by atoms with van der Waals surface area (Å²) < 4.78 is 8.91. The predicted octanol–water partition coefficient (Wildman–Crippen LogP) is 3.93. The summed E-state index contributed by atoms with van der Waals surface area (Å²) in [6.07, 6.45) is 0. The van der Waals surface area contributed by atoms with Gasteiger partial charge in [-0.05, 0) is 35.9 Å². The van der Waals surface area contributed by atoms with Gasteiger partial charge in [-0.3, -0.25) is 0 Å². The highest BCUT2D eigenvalue weighted by Gasteiger charge is 2.10. The molecule has 0 fully saturated rings. The van der Waals surface area contributed by atoms with Crippen LogP contribution in [0.15, 0.2) is 46.9 Å². The Hall–Kier alpha value is -2.36. The number of fused-ring (bicyclic) bond motifs is 1. The summed E-state index contributed by atoms with van der Waals surface area (Å²) in [6, 6.07) is 15.8. The summed E-state index contributed by atoms with van der Waals surface area (Å²) in [4.78, 5) is 4.53. The predicted molar refractivity (Wildman–Crippen MR) is 97.8 cm³/mol. The zero-order chi connectivity index (χ0) is 16.9. The number of rotatable bonds is 6. The molecular formula is C18H17BrN4O. The summed E-state index contributed by atoms with van der Waals surface area (Å²) in [6.45, 7) is 1.85. The van der Waals surface area contributed by atoms with Crippen LogP contribution in [0.1, 0.15) is 11.1 Å². The van der Waals surface area contributed by atoms with E-state index in [0.717, 1.165) is 27.0 Å². The van der Waals surface area contributed by atoms with Gasteiger partial charge in [-0.25, -0.2) is 4.98 Å². The molecule has 0 bridgehead atoms. The molecule has 0 amide bonds. The van der Waals surface area contributed by atoms with Crippen molar-refractivity contribution in [1.82, 2.24) is 9.55 Å². The molecule has 0 aliphatic rings. The van der Waals surface area contributed by atoms with E-state index in [9.17, 15) is 0 Å². The monoisotopic (exact) mass is 384 g/mol. The van der Waals surface area contributed by atoms with Crippen molar-refractivity contribution in [1.29, 1.82) is 5.26 Å². The van der Waals surface area contributed by atoms with Crippen LogP contribution in [0.3, 0.4) is 0 Å². The first kappa shape index (κ1) is 16.5. The first-order chi connectivity index (χ1) is 11.7. The van der Waals surface area contributed by atoms with Crippen LogP contribution in [0.5, 0.6) is 0 Å². The van der Waals surface area contributed by atoms with Crippen LogP contribution in [0.4, 0.5) is 5.95 Å². The summed E-state index contributed by atoms with van der Waals surface area (Å²) in [5, 5.41) is 12.1. The Morgan fingerprint density at radius 3 is 2.75 bits per heavy atom. The number of nitriles is 1. The van der Waals surface area contributed by atoms with Crippen molar-refractivity contribution in [3.8, 4) is 6.07 Å². The molecule has 5 nitrogen and oxygen atoms in total.